The summed E-state index contributed by atoms with van der Waals surface area (Å²) >= 11 is 8.77. The van der Waals surface area contributed by atoms with Gasteiger partial charge in [0.05, 0.1) is 4.47 Å². The molecule has 2 rings (SSSR count). The van der Waals surface area contributed by atoms with E-state index in [1.54, 1.807) is 18.2 Å². The maximum atomic E-state index is 13.2. The Labute approximate surface area is 105 Å². The molecule has 0 radical (unpaired) electrons. The zero-order valence-corrected chi connectivity index (χ0v) is 10.3. The second-order valence-electron chi connectivity index (χ2n) is 2.98. The van der Waals surface area contributed by atoms with Gasteiger partial charge < -0.3 is 5.32 Å². The van der Waals surface area contributed by atoms with E-state index in [-0.39, 0.29) is 5.82 Å². The molecule has 0 unspecified atom stereocenters. The van der Waals surface area contributed by atoms with Gasteiger partial charge in [-0.25, -0.2) is 14.4 Å². The number of hydrogen-bond donors (Lipinski definition) is 1. The van der Waals surface area contributed by atoms with Crippen molar-refractivity contribution in [3.8, 4) is 0 Å². The van der Waals surface area contributed by atoms with Crippen LogP contribution >= 0.6 is 27.5 Å². The summed E-state index contributed by atoms with van der Waals surface area (Å²) in [6.07, 6.45) is 1.33. The Balaban J connectivity index is 2.24. The smallest absolute Gasteiger partial charge is 0.139 e. The summed E-state index contributed by atoms with van der Waals surface area (Å²) in [5.74, 6) is 0.173. The van der Waals surface area contributed by atoms with Gasteiger partial charge >= 0.3 is 0 Å². The van der Waals surface area contributed by atoms with E-state index in [2.05, 4.69) is 31.2 Å². The van der Waals surface area contributed by atoms with Crippen molar-refractivity contribution >= 4 is 39.0 Å². The van der Waals surface area contributed by atoms with Crippen LogP contribution in [0.5, 0.6) is 0 Å². The maximum Gasteiger partial charge on any atom is 0.139 e. The van der Waals surface area contributed by atoms with E-state index in [1.807, 2.05) is 0 Å². The quantitative estimate of drug-likeness (QED) is 0.858. The van der Waals surface area contributed by atoms with Gasteiger partial charge in [0.2, 0.25) is 0 Å². The van der Waals surface area contributed by atoms with Crippen LogP contribution in [0.25, 0.3) is 0 Å². The minimum atomic E-state index is -0.342. The molecule has 1 aromatic heterocycles. The van der Waals surface area contributed by atoms with Crippen LogP contribution in [0.1, 0.15) is 0 Å². The van der Waals surface area contributed by atoms with E-state index in [4.69, 9.17) is 11.6 Å². The first-order valence-corrected chi connectivity index (χ1v) is 5.52. The molecule has 0 bridgehead atoms. The van der Waals surface area contributed by atoms with Crippen LogP contribution in [-0.4, -0.2) is 9.97 Å². The lowest BCUT2D eigenvalue weighted by atomic mass is 10.3. The number of aromatic nitrogens is 2. The monoisotopic (exact) mass is 301 g/mol. The van der Waals surface area contributed by atoms with E-state index in [0.717, 1.165) is 0 Å². The molecule has 1 aromatic carbocycles. The average molecular weight is 303 g/mol. The third kappa shape index (κ3) is 2.68. The van der Waals surface area contributed by atoms with E-state index in [0.29, 0.717) is 21.1 Å². The summed E-state index contributed by atoms with van der Waals surface area (Å²) < 4.78 is 13.6. The van der Waals surface area contributed by atoms with Crippen LogP contribution in [-0.2, 0) is 0 Å². The first-order chi connectivity index (χ1) is 7.65. The number of halogens is 3. The molecule has 16 heavy (non-hydrogen) atoms. The number of nitrogens with zero attached hydrogens (tertiary/aromatic N) is 2. The molecular weight excluding hydrogens is 296 g/mol. The Hall–Kier alpha value is -1.20. The van der Waals surface area contributed by atoms with Crippen molar-refractivity contribution in [2.45, 2.75) is 0 Å². The molecule has 82 valence electrons. The molecule has 0 aliphatic carbocycles. The Morgan fingerprint density at radius 2 is 2.06 bits per heavy atom. The van der Waals surface area contributed by atoms with Gasteiger partial charge in [-0.3, -0.25) is 0 Å². The zero-order chi connectivity index (χ0) is 11.5. The van der Waals surface area contributed by atoms with Crippen LogP contribution in [0.4, 0.5) is 15.9 Å². The van der Waals surface area contributed by atoms with E-state index < -0.39 is 0 Å². The number of anilines is 2. The largest absolute Gasteiger partial charge is 0.340 e. The van der Waals surface area contributed by atoms with E-state index >= 15 is 0 Å². The Morgan fingerprint density at radius 1 is 1.25 bits per heavy atom. The minimum Gasteiger partial charge on any atom is -0.340 e. The molecular formula is C10H6BrClFN3. The SMILES string of the molecule is Fc1cc(Nc2cc(Cl)ncn2)ccc1Br. The Morgan fingerprint density at radius 3 is 2.75 bits per heavy atom. The Bertz CT molecular complexity index is 521. The highest BCUT2D eigenvalue weighted by Crippen LogP contribution is 2.22. The third-order valence-electron chi connectivity index (χ3n) is 1.83. The fourth-order valence-electron chi connectivity index (χ4n) is 1.12. The summed E-state index contributed by atoms with van der Waals surface area (Å²) in [4.78, 5) is 7.69. The minimum absolute atomic E-state index is 0.329. The van der Waals surface area contributed by atoms with Crippen molar-refractivity contribution in [3.05, 3.63) is 46.0 Å². The highest BCUT2D eigenvalue weighted by Gasteiger charge is 2.02. The fraction of sp³-hybridized carbons (Fsp3) is 0. The van der Waals surface area contributed by atoms with Crippen LogP contribution in [0.3, 0.4) is 0 Å². The lowest BCUT2D eigenvalue weighted by Crippen LogP contribution is -1.94. The Kier molecular flexibility index (Phi) is 3.36. The molecule has 6 heteroatoms. The van der Waals surface area contributed by atoms with Gasteiger partial charge in [-0.15, -0.1) is 0 Å². The summed E-state index contributed by atoms with van der Waals surface area (Å²) in [6.45, 7) is 0. The van der Waals surface area contributed by atoms with Crippen molar-refractivity contribution < 1.29 is 4.39 Å². The predicted octanol–water partition coefficient (Wildman–Crippen LogP) is 3.78. The lowest BCUT2D eigenvalue weighted by Gasteiger charge is -2.05. The lowest BCUT2D eigenvalue weighted by molar-refractivity contribution is 0.622. The van der Waals surface area contributed by atoms with Gasteiger partial charge in [-0.2, -0.15) is 0 Å². The maximum absolute atomic E-state index is 13.2. The normalized spacial score (nSPS) is 10.2. The van der Waals surface area contributed by atoms with Crippen LogP contribution < -0.4 is 5.32 Å². The number of hydrogen-bond acceptors (Lipinski definition) is 3. The number of rotatable bonds is 2. The van der Waals surface area contributed by atoms with Crippen LogP contribution in [0.2, 0.25) is 5.15 Å². The van der Waals surface area contributed by atoms with Gasteiger partial charge in [-0.05, 0) is 34.1 Å². The van der Waals surface area contributed by atoms with E-state index in [1.165, 1.54) is 12.4 Å². The predicted molar refractivity (Wildman–Crippen MR) is 64.4 cm³/mol. The summed E-state index contributed by atoms with van der Waals surface area (Å²) in [7, 11) is 0. The average Bonchev–Trinajstić information content (AvgIpc) is 2.24. The second-order valence-corrected chi connectivity index (χ2v) is 4.22. The molecule has 2 aromatic rings. The van der Waals surface area contributed by atoms with Gasteiger partial charge in [0, 0.05) is 11.8 Å². The van der Waals surface area contributed by atoms with Crippen molar-refractivity contribution in [3.63, 3.8) is 0 Å². The summed E-state index contributed by atoms with van der Waals surface area (Å²) in [5.41, 5.74) is 0.593. The molecule has 3 nitrogen and oxygen atoms in total. The van der Waals surface area contributed by atoms with Crippen molar-refractivity contribution in [2.75, 3.05) is 5.32 Å². The van der Waals surface area contributed by atoms with E-state index in [9.17, 15) is 4.39 Å². The van der Waals surface area contributed by atoms with Crippen molar-refractivity contribution in [2.24, 2.45) is 0 Å². The standard InChI is InChI=1S/C10H6BrClFN3/c11-7-2-1-6(3-8(7)13)16-10-4-9(12)14-5-15-10/h1-5H,(H,14,15,16). The molecule has 0 aliphatic rings. The van der Waals surface area contributed by atoms with Gasteiger partial charge in [0.1, 0.15) is 23.1 Å². The molecule has 0 spiro atoms. The molecule has 0 aliphatic heterocycles. The van der Waals surface area contributed by atoms with Crippen LogP contribution in [0, 0.1) is 5.82 Å². The number of benzene rings is 1. The molecule has 0 amide bonds. The second kappa shape index (κ2) is 4.76. The molecule has 0 atom stereocenters. The highest BCUT2D eigenvalue weighted by molar-refractivity contribution is 9.10. The molecule has 0 fully saturated rings. The molecule has 1 N–H and O–H groups in total. The van der Waals surface area contributed by atoms with Gasteiger partial charge in [0.25, 0.3) is 0 Å². The summed E-state index contributed by atoms with van der Waals surface area (Å²) in [5, 5.41) is 3.25. The van der Waals surface area contributed by atoms with Crippen LogP contribution in [0.15, 0.2) is 35.1 Å². The fourth-order valence-corrected chi connectivity index (χ4v) is 1.52. The molecule has 0 saturated carbocycles. The summed E-state index contributed by atoms with van der Waals surface area (Å²) in [6, 6.07) is 6.26. The highest BCUT2D eigenvalue weighted by atomic mass is 79.9. The number of nitrogens with one attached hydrogen (secondary N) is 1. The first kappa shape index (κ1) is 11.3. The first-order valence-electron chi connectivity index (χ1n) is 4.35. The van der Waals surface area contributed by atoms with Gasteiger partial charge in [-0.1, -0.05) is 11.6 Å². The molecule has 0 saturated heterocycles. The molecule has 1 heterocycles. The topological polar surface area (TPSA) is 37.8 Å². The van der Waals surface area contributed by atoms with Crippen molar-refractivity contribution in [1.29, 1.82) is 0 Å². The third-order valence-corrected chi connectivity index (χ3v) is 2.68. The van der Waals surface area contributed by atoms with Gasteiger partial charge in [0.15, 0.2) is 0 Å². The zero-order valence-electron chi connectivity index (χ0n) is 7.92. The van der Waals surface area contributed by atoms with Crippen molar-refractivity contribution in [1.82, 2.24) is 9.97 Å².